The van der Waals surface area contributed by atoms with Crippen molar-refractivity contribution < 1.29 is 14.6 Å². The van der Waals surface area contributed by atoms with E-state index in [1.165, 1.54) is 0 Å². The van der Waals surface area contributed by atoms with Crippen LogP contribution in [0.3, 0.4) is 0 Å². The molecule has 20 heavy (non-hydrogen) atoms. The highest BCUT2D eigenvalue weighted by molar-refractivity contribution is 5.94. The number of hydrogen-bond donors (Lipinski definition) is 1. The van der Waals surface area contributed by atoms with Gasteiger partial charge in [0.15, 0.2) is 0 Å². The third-order valence-corrected chi connectivity index (χ3v) is 3.86. The summed E-state index contributed by atoms with van der Waals surface area (Å²) in [6.45, 7) is 2.36. The van der Waals surface area contributed by atoms with Crippen molar-refractivity contribution in [3.05, 3.63) is 35.4 Å². The Morgan fingerprint density at radius 1 is 1.40 bits per heavy atom. The number of nitrogens with zero attached hydrogens (tertiary/aromatic N) is 1. The van der Waals surface area contributed by atoms with E-state index in [4.69, 9.17) is 9.84 Å². The number of likely N-dealkylation sites (tertiary alicyclic amines) is 1. The molecule has 1 amide bonds. The zero-order valence-electron chi connectivity index (χ0n) is 12.0. The van der Waals surface area contributed by atoms with Gasteiger partial charge in [0.2, 0.25) is 0 Å². The molecule has 1 fully saturated rings. The lowest BCUT2D eigenvalue weighted by Gasteiger charge is -2.32. The fraction of sp³-hybridized carbons (Fsp3) is 0.562. The summed E-state index contributed by atoms with van der Waals surface area (Å²) >= 11 is 0. The topological polar surface area (TPSA) is 49.8 Å². The Balaban J connectivity index is 1.99. The number of aliphatic hydroxyl groups excluding tert-OH is 1. The minimum atomic E-state index is 0.0941. The predicted molar refractivity (Wildman–Crippen MR) is 77.5 cm³/mol. The molecular formula is C16H23NO3. The average Bonchev–Trinajstić information content (AvgIpc) is 2.48. The largest absolute Gasteiger partial charge is 0.396 e. The van der Waals surface area contributed by atoms with Crippen molar-refractivity contribution >= 4 is 5.91 Å². The summed E-state index contributed by atoms with van der Waals surface area (Å²) in [4.78, 5) is 14.4. The van der Waals surface area contributed by atoms with E-state index in [1.54, 1.807) is 7.11 Å². The quantitative estimate of drug-likeness (QED) is 0.896. The van der Waals surface area contributed by atoms with Gasteiger partial charge in [-0.1, -0.05) is 12.1 Å². The van der Waals surface area contributed by atoms with Gasteiger partial charge in [0.1, 0.15) is 0 Å². The van der Waals surface area contributed by atoms with E-state index < -0.39 is 0 Å². The van der Waals surface area contributed by atoms with Crippen LogP contribution in [0.1, 0.15) is 35.2 Å². The Hall–Kier alpha value is -1.39. The van der Waals surface area contributed by atoms with Crippen LogP contribution in [0.4, 0.5) is 0 Å². The monoisotopic (exact) mass is 277 g/mol. The normalized spacial score (nSPS) is 19.1. The van der Waals surface area contributed by atoms with Crippen molar-refractivity contribution in [2.75, 3.05) is 26.8 Å². The van der Waals surface area contributed by atoms with Crippen LogP contribution < -0.4 is 0 Å². The van der Waals surface area contributed by atoms with Gasteiger partial charge in [-0.05, 0) is 42.9 Å². The van der Waals surface area contributed by atoms with Gasteiger partial charge in [-0.15, -0.1) is 0 Å². The number of piperidine rings is 1. The van der Waals surface area contributed by atoms with E-state index in [0.29, 0.717) is 12.5 Å². The molecule has 4 heteroatoms. The second kappa shape index (κ2) is 7.41. The van der Waals surface area contributed by atoms with Crippen molar-refractivity contribution in [1.29, 1.82) is 0 Å². The maximum absolute atomic E-state index is 12.5. The molecule has 1 N–H and O–H groups in total. The van der Waals surface area contributed by atoms with Crippen molar-refractivity contribution in [2.45, 2.75) is 25.9 Å². The van der Waals surface area contributed by atoms with Crippen LogP contribution in [0.5, 0.6) is 0 Å². The predicted octanol–water partition coefficient (Wildman–Crippen LogP) is 2.07. The molecule has 0 bridgehead atoms. The van der Waals surface area contributed by atoms with Crippen LogP contribution in [0.25, 0.3) is 0 Å². The molecule has 1 saturated heterocycles. The Morgan fingerprint density at radius 3 is 2.80 bits per heavy atom. The second-order valence-electron chi connectivity index (χ2n) is 5.40. The minimum Gasteiger partial charge on any atom is -0.396 e. The lowest BCUT2D eigenvalue weighted by Crippen LogP contribution is -2.40. The number of aliphatic hydroxyl groups is 1. The van der Waals surface area contributed by atoms with Gasteiger partial charge in [0.05, 0.1) is 6.61 Å². The Kier molecular flexibility index (Phi) is 5.56. The summed E-state index contributed by atoms with van der Waals surface area (Å²) in [5.41, 5.74) is 1.80. The first-order valence-corrected chi connectivity index (χ1v) is 7.22. The molecule has 0 saturated carbocycles. The number of benzene rings is 1. The van der Waals surface area contributed by atoms with E-state index in [2.05, 4.69) is 0 Å². The first-order valence-electron chi connectivity index (χ1n) is 7.22. The lowest BCUT2D eigenvalue weighted by molar-refractivity contribution is 0.0653. The summed E-state index contributed by atoms with van der Waals surface area (Å²) in [7, 11) is 1.66. The molecule has 1 aromatic carbocycles. The molecule has 1 atom stereocenters. The zero-order valence-corrected chi connectivity index (χ0v) is 12.0. The molecule has 0 aromatic heterocycles. The molecule has 0 spiro atoms. The zero-order chi connectivity index (χ0) is 14.4. The number of ether oxygens (including phenoxy) is 1. The Labute approximate surface area is 120 Å². The first-order chi connectivity index (χ1) is 9.74. The smallest absolute Gasteiger partial charge is 0.253 e. The summed E-state index contributed by atoms with van der Waals surface area (Å²) in [6, 6.07) is 7.61. The summed E-state index contributed by atoms with van der Waals surface area (Å²) < 4.78 is 5.07. The number of carbonyl (C=O) groups is 1. The molecule has 1 aromatic rings. The number of amides is 1. The van der Waals surface area contributed by atoms with E-state index in [-0.39, 0.29) is 12.5 Å². The summed E-state index contributed by atoms with van der Waals surface area (Å²) in [5, 5.41) is 9.03. The van der Waals surface area contributed by atoms with Gasteiger partial charge < -0.3 is 14.7 Å². The third kappa shape index (κ3) is 3.81. The SMILES string of the molecule is COCc1ccc(C(=O)N2CCCC(CCO)C2)cc1. The van der Waals surface area contributed by atoms with Crippen LogP contribution in [-0.4, -0.2) is 42.7 Å². The van der Waals surface area contributed by atoms with Gasteiger partial charge in [-0.3, -0.25) is 4.79 Å². The standard InChI is InChI=1S/C16H23NO3/c1-20-12-14-4-6-15(7-5-14)16(19)17-9-2-3-13(11-17)8-10-18/h4-7,13,18H,2-3,8-12H2,1H3. The van der Waals surface area contributed by atoms with Crippen LogP contribution in [0, 0.1) is 5.92 Å². The number of rotatable bonds is 5. The number of hydrogen-bond acceptors (Lipinski definition) is 3. The second-order valence-corrected chi connectivity index (χ2v) is 5.40. The van der Waals surface area contributed by atoms with Gasteiger partial charge in [-0.25, -0.2) is 0 Å². The molecule has 110 valence electrons. The van der Waals surface area contributed by atoms with Crippen LogP contribution in [-0.2, 0) is 11.3 Å². The van der Waals surface area contributed by atoms with E-state index >= 15 is 0 Å². The maximum atomic E-state index is 12.5. The van der Waals surface area contributed by atoms with Crippen molar-refractivity contribution in [2.24, 2.45) is 5.92 Å². The maximum Gasteiger partial charge on any atom is 0.253 e. The van der Waals surface area contributed by atoms with Crippen molar-refractivity contribution in [3.8, 4) is 0 Å². The number of methoxy groups -OCH3 is 1. The van der Waals surface area contributed by atoms with E-state index in [0.717, 1.165) is 43.5 Å². The highest BCUT2D eigenvalue weighted by Gasteiger charge is 2.23. The molecule has 1 aliphatic rings. The third-order valence-electron chi connectivity index (χ3n) is 3.86. The highest BCUT2D eigenvalue weighted by atomic mass is 16.5. The van der Waals surface area contributed by atoms with Gasteiger partial charge >= 0.3 is 0 Å². The van der Waals surface area contributed by atoms with Crippen LogP contribution in [0.2, 0.25) is 0 Å². The first kappa shape index (κ1) is 15.0. The van der Waals surface area contributed by atoms with Gasteiger partial charge in [0, 0.05) is 32.4 Å². The molecule has 4 nitrogen and oxygen atoms in total. The fourth-order valence-corrected chi connectivity index (χ4v) is 2.76. The van der Waals surface area contributed by atoms with E-state index in [1.807, 2.05) is 29.2 Å². The molecule has 0 aliphatic carbocycles. The molecule has 1 unspecified atom stereocenters. The minimum absolute atomic E-state index is 0.0941. The van der Waals surface area contributed by atoms with Crippen molar-refractivity contribution in [3.63, 3.8) is 0 Å². The highest BCUT2D eigenvalue weighted by Crippen LogP contribution is 2.21. The fourth-order valence-electron chi connectivity index (χ4n) is 2.76. The molecule has 1 heterocycles. The van der Waals surface area contributed by atoms with Crippen LogP contribution in [0.15, 0.2) is 24.3 Å². The van der Waals surface area contributed by atoms with Gasteiger partial charge in [0.25, 0.3) is 5.91 Å². The van der Waals surface area contributed by atoms with Crippen LogP contribution >= 0.6 is 0 Å². The average molecular weight is 277 g/mol. The lowest BCUT2D eigenvalue weighted by atomic mass is 9.94. The summed E-state index contributed by atoms with van der Waals surface area (Å²) in [5.74, 6) is 0.530. The van der Waals surface area contributed by atoms with Gasteiger partial charge in [-0.2, -0.15) is 0 Å². The summed E-state index contributed by atoms with van der Waals surface area (Å²) in [6.07, 6.45) is 2.92. The number of carbonyl (C=O) groups excluding carboxylic acids is 1. The molecule has 0 radical (unpaired) electrons. The Bertz CT molecular complexity index is 428. The molecule has 1 aliphatic heterocycles. The Morgan fingerprint density at radius 2 is 2.15 bits per heavy atom. The molecular weight excluding hydrogens is 254 g/mol. The van der Waals surface area contributed by atoms with E-state index in [9.17, 15) is 4.79 Å². The van der Waals surface area contributed by atoms with Crippen molar-refractivity contribution in [1.82, 2.24) is 4.90 Å². The molecule has 2 rings (SSSR count).